The largest absolute Gasteiger partial charge is 0.103 e. The van der Waals surface area contributed by atoms with Crippen LogP contribution in [0, 0.1) is 6.58 Å². The number of unbranched alkanes of at least 4 members (excludes halogenated alkanes) is 3. The molecule has 0 aromatic rings. The summed E-state index contributed by atoms with van der Waals surface area (Å²) in [4.78, 5) is 0. The minimum Gasteiger partial charge on any atom is -0.103 e. The van der Waals surface area contributed by atoms with Crippen molar-refractivity contribution in [3.8, 4) is 0 Å². The third-order valence-electron chi connectivity index (χ3n) is 1.45. The van der Waals surface area contributed by atoms with Gasteiger partial charge >= 0.3 is 0 Å². The lowest BCUT2D eigenvalue weighted by atomic mass is 10.2. The van der Waals surface area contributed by atoms with Gasteiger partial charge in [0.1, 0.15) is 0 Å². The third kappa shape index (κ3) is 9.22. The molecule has 1 radical (unpaired) electrons. The van der Waals surface area contributed by atoms with Gasteiger partial charge in [0.2, 0.25) is 0 Å². The Hall–Kier alpha value is -0.780. The molecule has 0 aliphatic heterocycles. The van der Waals surface area contributed by atoms with Crippen LogP contribution in [0.5, 0.6) is 0 Å². The maximum atomic E-state index is 5.22. The molecule has 0 nitrogen and oxygen atoms in total. The normalized spacial score (nSPS) is 10.2. The lowest BCUT2D eigenvalue weighted by Gasteiger charge is -1.88. The molecule has 0 saturated carbocycles. The zero-order valence-corrected chi connectivity index (χ0v) is 7.13. The summed E-state index contributed by atoms with van der Waals surface area (Å²) in [6.07, 6.45) is 13.6. The molecule has 0 spiro atoms. The summed E-state index contributed by atoms with van der Waals surface area (Å²) in [6.45, 7) is 8.88. The maximum absolute atomic E-state index is 5.22. The van der Waals surface area contributed by atoms with Crippen LogP contribution in [0.1, 0.15) is 32.1 Å². The Morgan fingerprint density at radius 1 is 1.00 bits per heavy atom. The number of hydrogen-bond acceptors (Lipinski definition) is 0. The fourth-order valence-corrected chi connectivity index (χ4v) is 0.808. The Bertz CT molecular complexity index is 120. The van der Waals surface area contributed by atoms with Crippen molar-refractivity contribution in [3.05, 3.63) is 37.5 Å². The molecule has 0 fully saturated rings. The van der Waals surface area contributed by atoms with Crippen molar-refractivity contribution in [2.45, 2.75) is 32.1 Å². The van der Waals surface area contributed by atoms with E-state index in [0.717, 1.165) is 25.7 Å². The quantitative estimate of drug-likeness (QED) is 0.382. The van der Waals surface area contributed by atoms with Crippen molar-refractivity contribution in [1.82, 2.24) is 0 Å². The molecule has 0 aliphatic rings. The van der Waals surface area contributed by atoms with E-state index in [9.17, 15) is 0 Å². The highest BCUT2D eigenvalue weighted by Crippen LogP contribution is 1.98. The topological polar surface area (TPSA) is 0 Å². The second-order valence-electron chi connectivity index (χ2n) is 2.50. The van der Waals surface area contributed by atoms with Crippen LogP contribution in [-0.4, -0.2) is 0 Å². The van der Waals surface area contributed by atoms with E-state index < -0.39 is 0 Å². The lowest BCUT2D eigenvalue weighted by Crippen LogP contribution is -1.68. The Kier molecular flexibility index (Phi) is 8.57. The molecule has 0 rings (SSSR count). The molecular weight excluding hydrogens is 132 g/mol. The van der Waals surface area contributed by atoms with Gasteiger partial charge in [0.25, 0.3) is 0 Å². The minimum atomic E-state index is 0.984. The van der Waals surface area contributed by atoms with Crippen LogP contribution in [0.2, 0.25) is 0 Å². The van der Waals surface area contributed by atoms with Gasteiger partial charge < -0.3 is 0 Å². The Morgan fingerprint density at radius 2 is 1.73 bits per heavy atom. The summed E-state index contributed by atoms with van der Waals surface area (Å²) in [5.41, 5.74) is 0. The van der Waals surface area contributed by atoms with Gasteiger partial charge in [0.15, 0.2) is 0 Å². The zero-order chi connectivity index (χ0) is 8.36. The Balaban J connectivity index is 3.02. The van der Waals surface area contributed by atoms with Crippen LogP contribution in [0.3, 0.4) is 0 Å². The molecule has 0 aliphatic carbocycles. The predicted molar refractivity (Wildman–Crippen MR) is 51.3 cm³/mol. The first-order valence-electron chi connectivity index (χ1n) is 4.21. The van der Waals surface area contributed by atoms with Crippen LogP contribution in [0.4, 0.5) is 0 Å². The summed E-state index contributed by atoms with van der Waals surface area (Å²) in [5.74, 6) is 0. The van der Waals surface area contributed by atoms with E-state index in [1.54, 1.807) is 6.08 Å². The molecule has 0 atom stereocenters. The van der Waals surface area contributed by atoms with Gasteiger partial charge in [0, 0.05) is 0 Å². The Morgan fingerprint density at radius 3 is 2.36 bits per heavy atom. The standard InChI is InChI=1S/C11H17/c1-3-5-7-9-11-10-8-6-4-2/h1,3-4,9,11H,2,5-8,10H2. The first-order valence-corrected chi connectivity index (χ1v) is 4.21. The van der Waals surface area contributed by atoms with Crippen molar-refractivity contribution in [3.63, 3.8) is 0 Å². The SMILES string of the molecule is [CH]=CCCC=CCCCC=C. The first-order chi connectivity index (χ1) is 5.41. The molecule has 0 amide bonds. The fourth-order valence-electron chi connectivity index (χ4n) is 0.808. The molecule has 0 bridgehead atoms. The van der Waals surface area contributed by atoms with Crippen LogP contribution in [-0.2, 0) is 0 Å². The van der Waals surface area contributed by atoms with Gasteiger partial charge in [-0.15, -0.1) is 6.58 Å². The zero-order valence-electron chi connectivity index (χ0n) is 7.13. The molecule has 11 heavy (non-hydrogen) atoms. The maximum Gasteiger partial charge on any atom is -0.0313 e. The van der Waals surface area contributed by atoms with E-state index in [1.807, 2.05) is 6.08 Å². The molecule has 0 aromatic heterocycles. The molecule has 0 aromatic carbocycles. The van der Waals surface area contributed by atoms with Gasteiger partial charge in [0.05, 0.1) is 0 Å². The summed E-state index contributed by atoms with van der Waals surface area (Å²) >= 11 is 0. The number of allylic oxidation sites excluding steroid dienone is 4. The highest BCUT2D eigenvalue weighted by molar-refractivity contribution is 4.84. The van der Waals surface area contributed by atoms with E-state index in [-0.39, 0.29) is 0 Å². The van der Waals surface area contributed by atoms with Crippen LogP contribution < -0.4 is 0 Å². The molecule has 0 heterocycles. The average molecular weight is 149 g/mol. The number of rotatable bonds is 7. The summed E-state index contributed by atoms with van der Waals surface area (Å²) < 4.78 is 0. The first kappa shape index (κ1) is 10.2. The van der Waals surface area contributed by atoms with Gasteiger partial charge in [-0.25, -0.2) is 0 Å². The predicted octanol–water partition coefficient (Wildman–Crippen LogP) is 3.67. The van der Waals surface area contributed by atoms with Crippen LogP contribution >= 0.6 is 0 Å². The highest BCUT2D eigenvalue weighted by atomic mass is 13.8. The lowest BCUT2D eigenvalue weighted by molar-refractivity contribution is 0.864. The van der Waals surface area contributed by atoms with Crippen molar-refractivity contribution in [2.75, 3.05) is 0 Å². The minimum absolute atomic E-state index is 0.984. The van der Waals surface area contributed by atoms with E-state index >= 15 is 0 Å². The second kappa shape index (κ2) is 9.22. The molecule has 61 valence electrons. The van der Waals surface area contributed by atoms with Crippen molar-refractivity contribution in [2.24, 2.45) is 0 Å². The van der Waals surface area contributed by atoms with Crippen molar-refractivity contribution in [1.29, 1.82) is 0 Å². The van der Waals surface area contributed by atoms with Gasteiger partial charge in [-0.05, 0) is 32.1 Å². The number of hydrogen-bond donors (Lipinski definition) is 0. The summed E-state index contributed by atoms with van der Waals surface area (Å²) in [7, 11) is 0. The second-order valence-corrected chi connectivity index (χ2v) is 2.50. The molecule has 0 unspecified atom stereocenters. The third-order valence-corrected chi connectivity index (χ3v) is 1.45. The molecule has 0 N–H and O–H groups in total. The monoisotopic (exact) mass is 149 g/mol. The van der Waals surface area contributed by atoms with Crippen LogP contribution in [0.25, 0.3) is 0 Å². The van der Waals surface area contributed by atoms with Crippen molar-refractivity contribution >= 4 is 0 Å². The molecule has 0 saturated heterocycles. The average Bonchev–Trinajstić information content (AvgIpc) is 2.03. The van der Waals surface area contributed by atoms with E-state index in [2.05, 4.69) is 18.7 Å². The van der Waals surface area contributed by atoms with Gasteiger partial charge in [-0.1, -0.05) is 30.9 Å². The van der Waals surface area contributed by atoms with E-state index in [1.165, 1.54) is 6.42 Å². The van der Waals surface area contributed by atoms with Gasteiger partial charge in [-0.3, -0.25) is 0 Å². The Labute approximate surface area is 70.3 Å². The summed E-state index contributed by atoms with van der Waals surface area (Å²) in [6, 6.07) is 0. The van der Waals surface area contributed by atoms with Crippen molar-refractivity contribution < 1.29 is 0 Å². The molecule has 0 heteroatoms. The molecular formula is C11H17. The van der Waals surface area contributed by atoms with Gasteiger partial charge in [-0.2, -0.15) is 0 Å². The van der Waals surface area contributed by atoms with E-state index in [4.69, 9.17) is 6.58 Å². The van der Waals surface area contributed by atoms with E-state index in [0.29, 0.717) is 0 Å². The highest BCUT2D eigenvalue weighted by Gasteiger charge is 1.78. The van der Waals surface area contributed by atoms with Crippen LogP contribution in [0.15, 0.2) is 30.9 Å². The summed E-state index contributed by atoms with van der Waals surface area (Å²) in [5, 5.41) is 0. The fraction of sp³-hybridized carbons (Fsp3) is 0.455. The smallest absolute Gasteiger partial charge is 0.0313 e.